The van der Waals surface area contributed by atoms with Gasteiger partial charge in [0, 0.05) is 5.75 Å². The van der Waals surface area contributed by atoms with Crippen LogP contribution in [0.2, 0.25) is 0 Å². The maximum atomic E-state index is 12.2. The average Bonchev–Trinajstić information content (AvgIpc) is 2.59. The number of nitrogens with two attached hydrogens (primary N) is 1. The van der Waals surface area contributed by atoms with Crippen LogP contribution in [-0.4, -0.2) is 45.8 Å². The number of hydrogen-bond acceptors (Lipinski definition) is 4. The maximum absolute atomic E-state index is 12.2. The molecule has 2 atom stereocenters. The van der Waals surface area contributed by atoms with E-state index >= 15 is 0 Å². The molecule has 3 N–H and O–H groups in total. The van der Waals surface area contributed by atoms with Crippen LogP contribution >= 0.6 is 11.8 Å². The third kappa shape index (κ3) is 3.40. The van der Waals surface area contributed by atoms with Crippen LogP contribution in [0.5, 0.6) is 0 Å². The van der Waals surface area contributed by atoms with Crippen molar-refractivity contribution in [2.45, 2.75) is 44.6 Å². The molecule has 19 heavy (non-hydrogen) atoms. The number of amides is 3. The summed E-state index contributed by atoms with van der Waals surface area (Å²) < 4.78 is 0. The summed E-state index contributed by atoms with van der Waals surface area (Å²) in [4.78, 5) is 35.7. The average molecular weight is 287 g/mol. The Kier molecular flexibility index (Phi) is 4.84. The predicted molar refractivity (Wildman–Crippen MR) is 74.2 cm³/mol. The molecule has 1 aliphatic rings. The van der Waals surface area contributed by atoms with Crippen molar-refractivity contribution in [1.82, 2.24) is 10.2 Å². The molecule has 108 valence electrons. The number of carbonyl (C=O) groups is 3. The number of nitrogens with one attached hydrogen (secondary N) is 1. The van der Waals surface area contributed by atoms with Gasteiger partial charge in [-0.3, -0.25) is 14.4 Å². The Morgan fingerprint density at radius 1 is 1.47 bits per heavy atom. The van der Waals surface area contributed by atoms with Gasteiger partial charge >= 0.3 is 0 Å². The van der Waals surface area contributed by atoms with Crippen LogP contribution in [0, 0.1) is 5.92 Å². The molecule has 1 rings (SSSR count). The van der Waals surface area contributed by atoms with E-state index in [1.165, 1.54) is 16.7 Å². The van der Waals surface area contributed by atoms with Crippen molar-refractivity contribution in [1.29, 1.82) is 0 Å². The number of primary amides is 1. The Morgan fingerprint density at radius 2 is 2.05 bits per heavy atom. The molecule has 7 heteroatoms. The molecule has 0 aromatic rings. The molecule has 0 bridgehead atoms. The highest BCUT2D eigenvalue weighted by atomic mass is 32.2. The van der Waals surface area contributed by atoms with Crippen molar-refractivity contribution in [2.24, 2.45) is 11.7 Å². The molecule has 0 aromatic heterocycles. The summed E-state index contributed by atoms with van der Waals surface area (Å²) in [6, 6.07) is -1.27. The van der Waals surface area contributed by atoms with E-state index in [0.717, 1.165) is 0 Å². The molecule has 0 radical (unpaired) electrons. The molecule has 1 saturated heterocycles. The first-order valence-electron chi connectivity index (χ1n) is 6.18. The minimum absolute atomic E-state index is 0.0896. The van der Waals surface area contributed by atoms with Gasteiger partial charge in [0.25, 0.3) is 0 Å². The Bertz CT molecular complexity index is 384. The van der Waals surface area contributed by atoms with Gasteiger partial charge in [-0.2, -0.15) is 0 Å². The van der Waals surface area contributed by atoms with E-state index in [0.29, 0.717) is 12.2 Å². The smallest absolute Gasteiger partial charge is 0.244 e. The summed E-state index contributed by atoms with van der Waals surface area (Å²) in [5.74, 6) is -0.469. The zero-order valence-electron chi connectivity index (χ0n) is 11.7. The normalized spacial score (nSPS) is 23.2. The lowest BCUT2D eigenvalue weighted by Gasteiger charge is -2.31. The molecule has 0 aliphatic carbocycles. The van der Waals surface area contributed by atoms with Crippen LogP contribution in [-0.2, 0) is 14.4 Å². The highest BCUT2D eigenvalue weighted by molar-refractivity contribution is 8.00. The summed E-state index contributed by atoms with van der Waals surface area (Å²) in [5, 5.41) is 2.63. The number of thioether (sulfide) groups is 1. The van der Waals surface area contributed by atoms with Crippen LogP contribution in [0.15, 0.2) is 0 Å². The van der Waals surface area contributed by atoms with Gasteiger partial charge in [0.1, 0.15) is 12.1 Å². The van der Waals surface area contributed by atoms with E-state index in [-0.39, 0.29) is 11.8 Å². The fourth-order valence-electron chi connectivity index (χ4n) is 2.03. The van der Waals surface area contributed by atoms with Crippen LogP contribution < -0.4 is 11.1 Å². The SMILES string of the molecule is CC(C)[C@H](NC(=O)[C@H]1CSC(C)(C)N1C=O)C(N)=O. The molecule has 0 aromatic carbocycles. The number of carbonyl (C=O) groups excluding carboxylic acids is 3. The highest BCUT2D eigenvalue weighted by Gasteiger charge is 2.43. The van der Waals surface area contributed by atoms with Crippen molar-refractivity contribution in [3.05, 3.63) is 0 Å². The Balaban J connectivity index is 2.78. The maximum Gasteiger partial charge on any atom is 0.244 e. The van der Waals surface area contributed by atoms with Crippen molar-refractivity contribution < 1.29 is 14.4 Å². The largest absolute Gasteiger partial charge is 0.368 e. The molecule has 6 nitrogen and oxygen atoms in total. The summed E-state index contributed by atoms with van der Waals surface area (Å²) in [6.07, 6.45) is 0.679. The second kappa shape index (κ2) is 5.81. The quantitative estimate of drug-likeness (QED) is 0.692. The molecule has 1 fully saturated rings. The topological polar surface area (TPSA) is 92.5 Å². The predicted octanol–water partition coefficient (Wildman–Crippen LogP) is -0.0776. The van der Waals surface area contributed by atoms with Gasteiger partial charge in [0.15, 0.2) is 0 Å². The molecule has 3 amide bonds. The standard InChI is InChI=1S/C12H21N3O3S/c1-7(2)9(10(13)17)14-11(18)8-5-19-12(3,4)15(8)6-16/h6-9H,5H2,1-4H3,(H2,13,17)(H,14,18)/t8-,9+/m1/s1. The lowest BCUT2D eigenvalue weighted by Crippen LogP contribution is -2.55. The van der Waals surface area contributed by atoms with Crippen LogP contribution in [0.25, 0.3) is 0 Å². The number of hydrogen-bond donors (Lipinski definition) is 2. The van der Waals surface area contributed by atoms with Crippen molar-refractivity contribution >= 4 is 30.0 Å². The van der Waals surface area contributed by atoms with E-state index in [1.54, 1.807) is 13.8 Å². The van der Waals surface area contributed by atoms with Crippen LogP contribution in [0.4, 0.5) is 0 Å². The zero-order chi connectivity index (χ0) is 14.8. The number of rotatable bonds is 5. The zero-order valence-corrected chi connectivity index (χ0v) is 12.5. The van der Waals surface area contributed by atoms with Gasteiger partial charge in [-0.25, -0.2) is 0 Å². The third-order valence-electron chi connectivity index (χ3n) is 3.24. The molecule has 0 spiro atoms. The van der Waals surface area contributed by atoms with Crippen molar-refractivity contribution in [3.63, 3.8) is 0 Å². The summed E-state index contributed by atoms with van der Waals surface area (Å²) in [7, 11) is 0. The van der Waals surface area contributed by atoms with Crippen LogP contribution in [0.1, 0.15) is 27.7 Å². The first kappa shape index (κ1) is 15.8. The van der Waals surface area contributed by atoms with Gasteiger partial charge in [0.05, 0.1) is 4.87 Å². The lowest BCUT2D eigenvalue weighted by molar-refractivity contribution is -0.135. The highest BCUT2D eigenvalue weighted by Crippen LogP contribution is 2.37. The monoisotopic (exact) mass is 287 g/mol. The number of nitrogens with zero attached hydrogens (tertiary/aromatic N) is 1. The van der Waals surface area contributed by atoms with E-state index in [4.69, 9.17) is 5.73 Å². The Morgan fingerprint density at radius 3 is 2.47 bits per heavy atom. The molecule has 1 heterocycles. The Labute approximate surface area is 117 Å². The summed E-state index contributed by atoms with van der Waals surface area (Å²) in [5.41, 5.74) is 5.26. The van der Waals surface area contributed by atoms with E-state index in [9.17, 15) is 14.4 Å². The lowest BCUT2D eigenvalue weighted by atomic mass is 10.0. The Hall–Kier alpha value is -1.24. The molecule has 1 aliphatic heterocycles. The van der Waals surface area contributed by atoms with Gasteiger partial charge in [-0.15, -0.1) is 11.8 Å². The van der Waals surface area contributed by atoms with Crippen LogP contribution in [0.3, 0.4) is 0 Å². The van der Waals surface area contributed by atoms with Gasteiger partial charge < -0.3 is 16.0 Å². The first-order valence-corrected chi connectivity index (χ1v) is 7.16. The fourth-order valence-corrected chi connectivity index (χ4v) is 3.23. The van der Waals surface area contributed by atoms with E-state index in [2.05, 4.69) is 5.32 Å². The fraction of sp³-hybridized carbons (Fsp3) is 0.750. The summed E-state index contributed by atoms with van der Waals surface area (Å²) in [6.45, 7) is 7.38. The van der Waals surface area contributed by atoms with E-state index in [1.807, 2.05) is 13.8 Å². The minimum atomic E-state index is -0.713. The van der Waals surface area contributed by atoms with Gasteiger partial charge in [0.2, 0.25) is 18.2 Å². The van der Waals surface area contributed by atoms with E-state index < -0.39 is 22.9 Å². The molecule has 0 saturated carbocycles. The second-order valence-electron chi connectivity index (χ2n) is 5.42. The van der Waals surface area contributed by atoms with Crippen molar-refractivity contribution in [3.8, 4) is 0 Å². The second-order valence-corrected chi connectivity index (χ2v) is 7.04. The van der Waals surface area contributed by atoms with Gasteiger partial charge in [-0.05, 0) is 19.8 Å². The van der Waals surface area contributed by atoms with Crippen molar-refractivity contribution in [2.75, 3.05) is 5.75 Å². The molecule has 0 unspecified atom stereocenters. The first-order chi connectivity index (χ1) is 8.70. The third-order valence-corrected chi connectivity index (χ3v) is 4.64. The molecular formula is C12H21N3O3S. The minimum Gasteiger partial charge on any atom is -0.368 e. The van der Waals surface area contributed by atoms with Gasteiger partial charge in [-0.1, -0.05) is 13.8 Å². The molecular weight excluding hydrogens is 266 g/mol. The summed E-state index contributed by atoms with van der Waals surface area (Å²) >= 11 is 1.53.